The number of nitrogens with one attached hydrogen (secondary N) is 2. The quantitative estimate of drug-likeness (QED) is 0.668. The second-order valence-corrected chi connectivity index (χ2v) is 6.37. The summed E-state index contributed by atoms with van der Waals surface area (Å²) in [5.41, 5.74) is 1.57. The van der Waals surface area contributed by atoms with Crippen molar-refractivity contribution in [3.8, 4) is 11.3 Å². The highest BCUT2D eigenvalue weighted by Gasteiger charge is 2.30. The van der Waals surface area contributed by atoms with E-state index in [4.69, 9.17) is 0 Å². The van der Waals surface area contributed by atoms with Gasteiger partial charge in [-0.05, 0) is 37.6 Å². The Kier molecular flexibility index (Phi) is 4.63. The monoisotopic (exact) mass is 336 g/mol. The third kappa shape index (κ3) is 3.92. The predicted octanol–water partition coefficient (Wildman–Crippen LogP) is 2.71. The number of rotatable bonds is 5. The molecule has 0 aliphatic carbocycles. The van der Waals surface area contributed by atoms with Crippen molar-refractivity contribution in [1.82, 2.24) is 20.5 Å². The van der Waals surface area contributed by atoms with Gasteiger partial charge in [-0.15, -0.1) is 0 Å². The van der Waals surface area contributed by atoms with Crippen LogP contribution in [0, 0.1) is 0 Å². The van der Waals surface area contributed by atoms with E-state index in [1.807, 2.05) is 42.5 Å². The molecule has 0 fully saturated rings. The number of aromatic amines is 1. The fourth-order valence-electron chi connectivity index (χ4n) is 2.63. The van der Waals surface area contributed by atoms with Gasteiger partial charge in [-0.3, -0.25) is 14.9 Å². The molecule has 0 saturated carbocycles. The zero-order valence-electron chi connectivity index (χ0n) is 14.1. The van der Waals surface area contributed by atoms with Crippen LogP contribution >= 0.6 is 0 Å². The summed E-state index contributed by atoms with van der Waals surface area (Å²) in [6, 6.07) is 14.2. The Balaban J connectivity index is 1.82. The zero-order chi connectivity index (χ0) is 17.9. The second-order valence-electron chi connectivity index (χ2n) is 6.37. The largest absolute Gasteiger partial charge is 0.388 e. The Morgan fingerprint density at radius 3 is 2.48 bits per heavy atom. The van der Waals surface area contributed by atoms with Crippen molar-refractivity contribution in [2.45, 2.75) is 25.5 Å². The molecule has 0 saturated heterocycles. The highest BCUT2D eigenvalue weighted by Crippen LogP contribution is 2.26. The average Bonchev–Trinajstić information content (AvgIpc) is 3.10. The molecule has 2 heterocycles. The minimum absolute atomic E-state index is 0.330. The van der Waals surface area contributed by atoms with Crippen molar-refractivity contribution < 1.29 is 9.90 Å². The molecular weight excluding hydrogens is 316 g/mol. The van der Waals surface area contributed by atoms with Crippen LogP contribution in [0.25, 0.3) is 11.3 Å². The van der Waals surface area contributed by atoms with Crippen LogP contribution in [0.15, 0.2) is 60.9 Å². The van der Waals surface area contributed by atoms with Gasteiger partial charge in [-0.25, -0.2) is 0 Å². The molecule has 0 bridgehead atoms. The number of hydrogen-bond acceptors (Lipinski definition) is 4. The van der Waals surface area contributed by atoms with E-state index < -0.39 is 11.6 Å². The molecular formula is C19H20N4O2. The van der Waals surface area contributed by atoms with Crippen LogP contribution in [0.3, 0.4) is 0 Å². The van der Waals surface area contributed by atoms with Gasteiger partial charge in [0.1, 0.15) is 5.69 Å². The molecule has 3 rings (SSSR count). The number of benzene rings is 1. The number of H-pyrrole nitrogens is 1. The molecule has 6 heteroatoms. The van der Waals surface area contributed by atoms with Gasteiger partial charge in [-0.2, -0.15) is 5.10 Å². The van der Waals surface area contributed by atoms with Gasteiger partial charge >= 0.3 is 0 Å². The van der Waals surface area contributed by atoms with Crippen molar-refractivity contribution in [1.29, 1.82) is 0 Å². The van der Waals surface area contributed by atoms with E-state index in [9.17, 15) is 9.90 Å². The van der Waals surface area contributed by atoms with Crippen molar-refractivity contribution in [2.24, 2.45) is 0 Å². The fraction of sp³-hybridized carbons (Fsp3) is 0.211. The summed E-state index contributed by atoms with van der Waals surface area (Å²) in [5.74, 6) is -0.330. The number of aromatic nitrogens is 3. The SMILES string of the molecule is CC(C)(O)[C@H](NC(=O)c1cc(-c2ccncc2)n[nH]1)c1ccccc1. The Morgan fingerprint density at radius 1 is 1.16 bits per heavy atom. The highest BCUT2D eigenvalue weighted by atomic mass is 16.3. The standard InChI is InChI=1S/C19H20N4O2/c1-19(2,25)17(14-6-4-3-5-7-14)21-18(24)16-12-15(22-23-16)13-8-10-20-11-9-13/h3-12,17,25H,1-2H3,(H,21,24)(H,22,23)/t17-/m1/s1. The van der Waals surface area contributed by atoms with E-state index in [1.165, 1.54) is 0 Å². The summed E-state index contributed by atoms with van der Waals surface area (Å²) in [4.78, 5) is 16.6. The molecule has 6 nitrogen and oxygen atoms in total. The lowest BCUT2D eigenvalue weighted by molar-refractivity contribution is 0.0342. The first-order valence-corrected chi connectivity index (χ1v) is 7.99. The lowest BCUT2D eigenvalue weighted by Gasteiger charge is -2.30. The van der Waals surface area contributed by atoms with Crippen LogP contribution in [-0.2, 0) is 0 Å². The number of hydrogen-bond donors (Lipinski definition) is 3. The third-order valence-corrected chi connectivity index (χ3v) is 3.91. The lowest BCUT2D eigenvalue weighted by Crippen LogP contribution is -2.42. The number of carbonyl (C=O) groups excluding carboxylic acids is 1. The second kappa shape index (κ2) is 6.86. The van der Waals surface area contributed by atoms with E-state index in [1.54, 1.807) is 32.3 Å². The van der Waals surface area contributed by atoms with E-state index in [-0.39, 0.29) is 5.91 Å². The molecule has 128 valence electrons. The maximum absolute atomic E-state index is 12.6. The maximum Gasteiger partial charge on any atom is 0.269 e. The van der Waals surface area contributed by atoms with Crippen molar-refractivity contribution in [3.05, 3.63) is 72.2 Å². The molecule has 25 heavy (non-hydrogen) atoms. The van der Waals surface area contributed by atoms with Gasteiger partial charge in [0.05, 0.1) is 17.3 Å². The molecule has 1 atom stereocenters. The van der Waals surface area contributed by atoms with Gasteiger partial charge in [0, 0.05) is 18.0 Å². The summed E-state index contributed by atoms with van der Waals surface area (Å²) in [5, 5.41) is 20.3. The van der Waals surface area contributed by atoms with Gasteiger partial charge in [-0.1, -0.05) is 30.3 Å². The Morgan fingerprint density at radius 2 is 1.84 bits per heavy atom. The molecule has 3 aromatic rings. The molecule has 0 spiro atoms. The molecule has 3 N–H and O–H groups in total. The normalized spacial score (nSPS) is 12.6. The highest BCUT2D eigenvalue weighted by molar-refractivity contribution is 5.93. The fourth-order valence-corrected chi connectivity index (χ4v) is 2.63. The smallest absolute Gasteiger partial charge is 0.269 e. The predicted molar refractivity (Wildman–Crippen MR) is 94.8 cm³/mol. The van der Waals surface area contributed by atoms with Gasteiger partial charge in [0.2, 0.25) is 0 Å². The van der Waals surface area contributed by atoms with Crippen LogP contribution in [0.5, 0.6) is 0 Å². The molecule has 0 radical (unpaired) electrons. The molecule has 0 aliphatic heterocycles. The average molecular weight is 336 g/mol. The molecule has 2 aromatic heterocycles. The van der Waals surface area contributed by atoms with E-state index in [2.05, 4.69) is 20.5 Å². The van der Waals surface area contributed by atoms with Crippen LogP contribution in [0.2, 0.25) is 0 Å². The summed E-state index contributed by atoms with van der Waals surface area (Å²) in [7, 11) is 0. The number of pyridine rings is 1. The first-order chi connectivity index (χ1) is 11.9. The minimum atomic E-state index is -1.12. The summed E-state index contributed by atoms with van der Waals surface area (Å²) in [6.07, 6.45) is 3.34. The van der Waals surface area contributed by atoms with Crippen molar-refractivity contribution in [3.63, 3.8) is 0 Å². The van der Waals surface area contributed by atoms with Crippen LogP contribution in [0.1, 0.15) is 35.9 Å². The van der Waals surface area contributed by atoms with Gasteiger partial charge < -0.3 is 10.4 Å². The Bertz CT molecular complexity index is 839. The molecule has 0 aliphatic rings. The van der Waals surface area contributed by atoms with E-state index >= 15 is 0 Å². The molecule has 0 unspecified atom stereocenters. The number of carbonyl (C=O) groups is 1. The third-order valence-electron chi connectivity index (χ3n) is 3.91. The molecule has 1 aromatic carbocycles. The van der Waals surface area contributed by atoms with Crippen LogP contribution in [0.4, 0.5) is 0 Å². The van der Waals surface area contributed by atoms with E-state index in [0.717, 1.165) is 11.1 Å². The van der Waals surface area contributed by atoms with Crippen LogP contribution < -0.4 is 5.32 Å². The Labute approximate surface area is 145 Å². The molecule has 1 amide bonds. The zero-order valence-corrected chi connectivity index (χ0v) is 14.1. The van der Waals surface area contributed by atoms with Crippen molar-refractivity contribution in [2.75, 3.05) is 0 Å². The first kappa shape index (κ1) is 16.9. The van der Waals surface area contributed by atoms with Gasteiger partial charge in [0.25, 0.3) is 5.91 Å². The topological polar surface area (TPSA) is 90.9 Å². The summed E-state index contributed by atoms with van der Waals surface area (Å²) < 4.78 is 0. The summed E-state index contributed by atoms with van der Waals surface area (Å²) in [6.45, 7) is 3.33. The van der Waals surface area contributed by atoms with Crippen molar-refractivity contribution >= 4 is 5.91 Å². The minimum Gasteiger partial charge on any atom is -0.388 e. The number of aliphatic hydroxyl groups is 1. The number of nitrogens with zero attached hydrogens (tertiary/aromatic N) is 2. The van der Waals surface area contributed by atoms with E-state index in [0.29, 0.717) is 11.4 Å². The van der Waals surface area contributed by atoms with Crippen LogP contribution in [-0.4, -0.2) is 31.8 Å². The lowest BCUT2D eigenvalue weighted by atomic mass is 9.92. The maximum atomic E-state index is 12.6. The first-order valence-electron chi connectivity index (χ1n) is 7.99. The summed E-state index contributed by atoms with van der Waals surface area (Å²) >= 11 is 0. The van der Waals surface area contributed by atoms with Gasteiger partial charge in [0.15, 0.2) is 0 Å². The number of amides is 1. The Hall–Kier alpha value is -2.99.